The van der Waals surface area contributed by atoms with E-state index in [9.17, 15) is 9.59 Å². The molecule has 25 heavy (non-hydrogen) atoms. The molecule has 1 heterocycles. The second-order valence-electron chi connectivity index (χ2n) is 5.36. The second-order valence-corrected chi connectivity index (χ2v) is 5.80. The summed E-state index contributed by atoms with van der Waals surface area (Å²) in [4.78, 5) is 24.7. The molecule has 2 N–H and O–H groups in total. The van der Waals surface area contributed by atoms with Crippen molar-refractivity contribution in [3.8, 4) is 11.5 Å². The predicted molar refractivity (Wildman–Crippen MR) is 94.8 cm³/mol. The number of fused-ring (bicyclic) bond motifs is 1. The van der Waals surface area contributed by atoms with Gasteiger partial charge in [0, 0.05) is 17.1 Å². The fourth-order valence-electron chi connectivity index (χ4n) is 2.45. The Kier molecular flexibility index (Phi) is 5.09. The molecule has 6 nitrogen and oxygen atoms in total. The Labute approximate surface area is 150 Å². The van der Waals surface area contributed by atoms with Gasteiger partial charge in [0.2, 0.25) is 0 Å². The Hall–Kier alpha value is -2.73. The molecule has 0 spiro atoms. The number of nitrogens with one attached hydrogen (secondary N) is 2. The highest BCUT2D eigenvalue weighted by atomic mass is 35.5. The largest absolute Gasteiger partial charge is 0.486 e. The zero-order valence-corrected chi connectivity index (χ0v) is 14.4. The van der Waals surface area contributed by atoms with Crippen molar-refractivity contribution in [2.75, 3.05) is 25.1 Å². The van der Waals surface area contributed by atoms with Crippen LogP contribution in [0.5, 0.6) is 11.5 Å². The van der Waals surface area contributed by atoms with E-state index < -0.39 is 0 Å². The molecule has 0 aliphatic carbocycles. The molecule has 0 fully saturated rings. The van der Waals surface area contributed by atoms with Crippen LogP contribution in [0.15, 0.2) is 36.4 Å². The van der Waals surface area contributed by atoms with Gasteiger partial charge in [0.25, 0.3) is 11.8 Å². The first-order valence-corrected chi connectivity index (χ1v) is 8.25. The van der Waals surface area contributed by atoms with E-state index in [0.29, 0.717) is 53.1 Å². The standard InChI is InChI=1S/C18H17ClN2O4/c1-2-20-18(23)13-10-12(19)4-5-14(13)21-17(22)11-3-6-15-16(9-11)25-8-7-24-15/h3-6,9-10H,2,7-8H2,1H3,(H,20,23)(H,21,22). The van der Waals surface area contributed by atoms with Gasteiger partial charge >= 0.3 is 0 Å². The highest BCUT2D eigenvalue weighted by Gasteiger charge is 2.17. The first kappa shape index (κ1) is 17.1. The van der Waals surface area contributed by atoms with Gasteiger partial charge in [0.05, 0.1) is 11.3 Å². The smallest absolute Gasteiger partial charge is 0.255 e. The Balaban J connectivity index is 1.84. The van der Waals surface area contributed by atoms with Gasteiger partial charge < -0.3 is 20.1 Å². The van der Waals surface area contributed by atoms with E-state index >= 15 is 0 Å². The normalized spacial score (nSPS) is 12.4. The van der Waals surface area contributed by atoms with E-state index in [0.717, 1.165) is 0 Å². The van der Waals surface area contributed by atoms with Gasteiger partial charge in [0.1, 0.15) is 13.2 Å². The van der Waals surface area contributed by atoms with Gasteiger partial charge in [-0.05, 0) is 43.3 Å². The van der Waals surface area contributed by atoms with Crippen LogP contribution in [0.4, 0.5) is 5.69 Å². The maximum Gasteiger partial charge on any atom is 0.255 e. The Morgan fingerprint density at radius 1 is 1.04 bits per heavy atom. The molecule has 3 rings (SSSR count). The van der Waals surface area contributed by atoms with Crippen molar-refractivity contribution in [2.24, 2.45) is 0 Å². The van der Waals surface area contributed by atoms with Crippen molar-refractivity contribution < 1.29 is 19.1 Å². The molecule has 0 radical (unpaired) electrons. The summed E-state index contributed by atoms with van der Waals surface area (Å²) in [5, 5.41) is 5.86. The van der Waals surface area contributed by atoms with Crippen LogP contribution in [0.2, 0.25) is 5.02 Å². The number of carbonyl (C=O) groups excluding carboxylic acids is 2. The molecule has 2 aromatic carbocycles. The highest BCUT2D eigenvalue weighted by molar-refractivity contribution is 6.31. The monoisotopic (exact) mass is 360 g/mol. The van der Waals surface area contributed by atoms with Gasteiger partial charge in [-0.15, -0.1) is 0 Å². The van der Waals surface area contributed by atoms with E-state index in [-0.39, 0.29) is 11.8 Å². The van der Waals surface area contributed by atoms with Gasteiger partial charge in [0.15, 0.2) is 11.5 Å². The molecule has 130 valence electrons. The number of ether oxygens (including phenoxy) is 2. The predicted octanol–water partition coefficient (Wildman–Crippen LogP) is 3.11. The van der Waals surface area contributed by atoms with Crippen LogP contribution in [0.1, 0.15) is 27.6 Å². The van der Waals surface area contributed by atoms with Gasteiger partial charge in [-0.2, -0.15) is 0 Å². The SMILES string of the molecule is CCNC(=O)c1cc(Cl)ccc1NC(=O)c1ccc2c(c1)OCCO2. The summed E-state index contributed by atoms with van der Waals surface area (Å²) in [6.07, 6.45) is 0. The lowest BCUT2D eigenvalue weighted by atomic mass is 10.1. The molecule has 0 saturated carbocycles. The lowest BCUT2D eigenvalue weighted by Gasteiger charge is -2.19. The lowest BCUT2D eigenvalue weighted by Crippen LogP contribution is -2.25. The van der Waals surface area contributed by atoms with E-state index in [1.54, 1.807) is 30.3 Å². The number of amides is 2. The lowest BCUT2D eigenvalue weighted by molar-refractivity contribution is 0.0956. The van der Waals surface area contributed by atoms with Crippen molar-refractivity contribution in [2.45, 2.75) is 6.92 Å². The van der Waals surface area contributed by atoms with E-state index in [4.69, 9.17) is 21.1 Å². The van der Waals surface area contributed by atoms with Crippen LogP contribution in [0, 0.1) is 0 Å². The third-order valence-corrected chi connectivity index (χ3v) is 3.85. The minimum atomic E-state index is -0.357. The number of halogens is 1. The molecule has 2 aromatic rings. The summed E-state index contributed by atoms with van der Waals surface area (Å²) in [5.74, 6) is 0.476. The second kappa shape index (κ2) is 7.44. The average Bonchev–Trinajstić information content (AvgIpc) is 2.63. The topological polar surface area (TPSA) is 76.7 Å². The Morgan fingerprint density at radius 2 is 1.80 bits per heavy atom. The molecule has 1 aliphatic rings. The maximum absolute atomic E-state index is 12.5. The van der Waals surface area contributed by atoms with Crippen LogP contribution in [0.3, 0.4) is 0 Å². The first-order chi connectivity index (χ1) is 12.1. The van der Waals surface area contributed by atoms with Crippen LogP contribution in [0.25, 0.3) is 0 Å². The highest BCUT2D eigenvalue weighted by Crippen LogP contribution is 2.31. The van der Waals surface area contributed by atoms with Crippen LogP contribution < -0.4 is 20.1 Å². The average molecular weight is 361 g/mol. The van der Waals surface area contributed by atoms with Crippen molar-refractivity contribution in [1.29, 1.82) is 0 Å². The number of carbonyl (C=O) groups is 2. The quantitative estimate of drug-likeness (QED) is 0.878. The van der Waals surface area contributed by atoms with Crippen LogP contribution in [-0.4, -0.2) is 31.6 Å². The van der Waals surface area contributed by atoms with Crippen LogP contribution >= 0.6 is 11.6 Å². The third kappa shape index (κ3) is 3.85. The molecule has 0 saturated heterocycles. The molecular weight excluding hydrogens is 344 g/mol. The third-order valence-electron chi connectivity index (χ3n) is 3.62. The van der Waals surface area contributed by atoms with Crippen molar-refractivity contribution in [1.82, 2.24) is 5.32 Å². The van der Waals surface area contributed by atoms with Gasteiger partial charge in [-0.25, -0.2) is 0 Å². The first-order valence-electron chi connectivity index (χ1n) is 7.87. The summed E-state index contributed by atoms with van der Waals surface area (Å²) < 4.78 is 10.9. The van der Waals surface area contributed by atoms with Crippen molar-refractivity contribution >= 4 is 29.1 Å². The molecule has 0 atom stereocenters. The minimum Gasteiger partial charge on any atom is -0.486 e. The van der Waals surface area contributed by atoms with Gasteiger partial charge in [-0.1, -0.05) is 11.6 Å². The maximum atomic E-state index is 12.5. The van der Waals surface area contributed by atoms with Crippen LogP contribution in [-0.2, 0) is 0 Å². The number of anilines is 1. The summed E-state index contributed by atoms with van der Waals surface area (Å²) in [6.45, 7) is 3.21. The Bertz CT molecular complexity index is 823. The van der Waals surface area contributed by atoms with E-state index in [1.165, 1.54) is 6.07 Å². The fraction of sp³-hybridized carbons (Fsp3) is 0.222. The Morgan fingerprint density at radius 3 is 2.56 bits per heavy atom. The van der Waals surface area contributed by atoms with E-state index in [1.807, 2.05) is 6.92 Å². The van der Waals surface area contributed by atoms with Crippen molar-refractivity contribution in [3.63, 3.8) is 0 Å². The van der Waals surface area contributed by atoms with E-state index in [2.05, 4.69) is 10.6 Å². The molecular formula is C18H17ClN2O4. The summed E-state index contributed by atoms with van der Waals surface area (Å²) >= 11 is 5.97. The fourth-order valence-corrected chi connectivity index (χ4v) is 2.62. The zero-order chi connectivity index (χ0) is 17.8. The number of hydrogen-bond acceptors (Lipinski definition) is 4. The molecule has 2 amide bonds. The number of hydrogen-bond donors (Lipinski definition) is 2. The van der Waals surface area contributed by atoms with Gasteiger partial charge in [-0.3, -0.25) is 9.59 Å². The minimum absolute atomic E-state index is 0.303. The van der Waals surface area contributed by atoms with Crippen molar-refractivity contribution in [3.05, 3.63) is 52.5 Å². The summed E-state index contributed by atoms with van der Waals surface area (Å²) in [7, 11) is 0. The summed E-state index contributed by atoms with van der Waals surface area (Å²) in [6, 6.07) is 9.69. The molecule has 0 unspecified atom stereocenters. The molecule has 0 aromatic heterocycles. The zero-order valence-electron chi connectivity index (χ0n) is 13.6. The number of benzene rings is 2. The number of rotatable bonds is 4. The molecule has 7 heteroatoms. The molecule has 1 aliphatic heterocycles. The summed E-state index contributed by atoms with van der Waals surface area (Å²) in [5.41, 5.74) is 1.09. The molecule has 0 bridgehead atoms.